The number of phenolic OH excluding ortho intramolecular Hbond substituents is 1. The molecule has 0 aliphatic rings. The molecule has 22 heavy (non-hydrogen) atoms. The summed E-state index contributed by atoms with van der Waals surface area (Å²) in [7, 11) is 1.65. The Balaban J connectivity index is 2.09. The van der Waals surface area contributed by atoms with Crippen molar-refractivity contribution in [2.45, 2.75) is 12.8 Å². The van der Waals surface area contributed by atoms with Crippen LogP contribution in [-0.2, 0) is 11.2 Å². The number of nitrogens with zero attached hydrogens (tertiary/aromatic N) is 2. The Labute approximate surface area is 126 Å². The maximum absolute atomic E-state index is 11.4. The zero-order chi connectivity index (χ0) is 15.5. The Kier molecular flexibility index (Phi) is 3.88. The molecule has 0 aliphatic carbocycles. The van der Waals surface area contributed by atoms with Crippen LogP contribution in [0, 0.1) is 0 Å². The number of aromatic hydroxyl groups is 1. The van der Waals surface area contributed by atoms with E-state index in [4.69, 9.17) is 4.74 Å². The number of benzene rings is 1. The van der Waals surface area contributed by atoms with Crippen LogP contribution < -0.4 is 5.69 Å². The van der Waals surface area contributed by atoms with Gasteiger partial charge in [0.05, 0.1) is 11.4 Å². The smallest absolute Gasteiger partial charge is 0.326 e. The first-order valence-corrected chi connectivity index (χ1v) is 6.94. The van der Waals surface area contributed by atoms with E-state index in [2.05, 4.69) is 19.9 Å². The third kappa shape index (κ3) is 2.84. The first kappa shape index (κ1) is 14.3. The Bertz CT molecular complexity index is 836. The van der Waals surface area contributed by atoms with E-state index < -0.39 is 0 Å². The summed E-state index contributed by atoms with van der Waals surface area (Å²) in [5.74, 6) is 0.189. The van der Waals surface area contributed by atoms with Gasteiger partial charge in [0.2, 0.25) is 0 Å². The summed E-state index contributed by atoms with van der Waals surface area (Å²) in [4.78, 5) is 25.6. The van der Waals surface area contributed by atoms with Gasteiger partial charge in [-0.25, -0.2) is 14.8 Å². The van der Waals surface area contributed by atoms with Crippen LogP contribution in [0.5, 0.6) is 5.75 Å². The van der Waals surface area contributed by atoms with Gasteiger partial charge in [-0.2, -0.15) is 0 Å². The molecular formula is C15H16N4O3. The van der Waals surface area contributed by atoms with Crippen molar-refractivity contribution in [1.29, 1.82) is 0 Å². The second-order valence-corrected chi connectivity index (χ2v) is 4.94. The lowest BCUT2D eigenvalue weighted by molar-refractivity contribution is 0.195. The fraction of sp³-hybridized carbons (Fsp3) is 0.267. The summed E-state index contributed by atoms with van der Waals surface area (Å²) in [5, 5.41) is 9.42. The zero-order valence-electron chi connectivity index (χ0n) is 12.1. The van der Waals surface area contributed by atoms with Crippen LogP contribution in [0.25, 0.3) is 22.6 Å². The number of nitrogens with one attached hydrogen (secondary N) is 2. The summed E-state index contributed by atoms with van der Waals surface area (Å²) < 4.78 is 5.07. The number of hydrogen-bond acceptors (Lipinski definition) is 5. The summed E-state index contributed by atoms with van der Waals surface area (Å²) in [6, 6.07) is 6.74. The number of rotatable bonds is 5. The van der Waals surface area contributed by atoms with E-state index in [1.807, 2.05) is 0 Å². The topological polar surface area (TPSA) is 104 Å². The second kappa shape index (κ2) is 5.98. The zero-order valence-corrected chi connectivity index (χ0v) is 12.1. The average molecular weight is 300 g/mol. The Morgan fingerprint density at radius 2 is 1.82 bits per heavy atom. The third-order valence-electron chi connectivity index (χ3n) is 3.33. The highest BCUT2D eigenvalue weighted by Crippen LogP contribution is 2.24. The first-order chi connectivity index (χ1) is 10.7. The van der Waals surface area contributed by atoms with Gasteiger partial charge in [-0.05, 0) is 37.1 Å². The predicted molar refractivity (Wildman–Crippen MR) is 81.8 cm³/mol. The molecule has 3 rings (SSSR count). The number of phenols is 1. The lowest BCUT2D eigenvalue weighted by Gasteiger charge is -2.08. The van der Waals surface area contributed by atoms with Crippen LogP contribution in [0.3, 0.4) is 0 Å². The van der Waals surface area contributed by atoms with Gasteiger partial charge in [-0.15, -0.1) is 0 Å². The first-order valence-electron chi connectivity index (χ1n) is 6.94. The largest absolute Gasteiger partial charge is 0.508 e. The highest BCUT2D eigenvalue weighted by molar-refractivity contribution is 5.72. The molecule has 0 bridgehead atoms. The second-order valence-electron chi connectivity index (χ2n) is 4.94. The van der Waals surface area contributed by atoms with E-state index in [0.717, 1.165) is 17.7 Å². The predicted octanol–water partition coefficient (Wildman–Crippen LogP) is 1.60. The Morgan fingerprint density at radius 3 is 2.50 bits per heavy atom. The van der Waals surface area contributed by atoms with Crippen molar-refractivity contribution in [3.63, 3.8) is 0 Å². The van der Waals surface area contributed by atoms with Crippen molar-refractivity contribution < 1.29 is 9.84 Å². The van der Waals surface area contributed by atoms with Gasteiger partial charge in [0.25, 0.3) is 0 Å². The molecule has 7 nitrogen and oxygen atoms in total. The van der Waals surface area contributed by atoms with Gasteiger partial charge >= 0.3 is 5.69 Å². The monoisotopic (exact) mass is 300 g/mol. The molecule has 0 spiro atoms. The van der Waals surface area contributed by atoms with Crippen molar-refractivity contribution in [2.75, 3.05) is 13.7 Å². The van der Waals surface area contributed by atoms with Gasteiger partial charge in [0.15, 0.2) is 11.3 Å². The van der Waals surface area contributed by atoms with Gasteiger partial charge < -0.3 is 9.84 Å². The van der Waals surface area contributed by atoms with Crippen molar-refractivity contribution in [3.05, 3.63) is 40.4 Å². The van der Waals surface area contributed by atoms with E-state index in [-0.39, 0.29) is 11.4 Å². The maximum atomic E-state index is 11.4. The number of aromatic nitrogens is 4. The van der Waals surface area contributed by atoms with Gasteiger partial charge in [-0.3, -0.25) is 9.97 Å². The number of H-pyrrole nitrogens is 2. The average Bonchev–Trinajstić information content (AvgIpc) is 2.87. The van der Waals surface area contributed by atoms with Crippen LogP contribution >= 0.6 is 0 Å². The van der Waals surface area contributed by atoms with E-state index in [1.165, 1.54) is 0 Å². The standard InChI is InChI=1S/C15H16N4O3/c1-22-8-2-3-11-12(9-4-6-10(20)7-5-9)17-14-13(16-11)18-15(21)19-14/h4-7,20H,2-3,8H2,1H3,(H2,16,17,18,19,21). The molecule has 3 N–H and O–H groups in total. The van der Waals surface area contributed by atoms with Gasteiger partial charge in [-0.1, -0.05) is 0 Å². The molecule has 0 unspecified atom stereocenters. The normalized spacial score (nSPS) is 11.1. The molecule has 3 aromatic rings. The number of aromatic amines is 2. The fourth-order valence-corrected chi connectivity index (χ4v) is 2.30. The molecule has 2 heterocycles. The number of aryl methyl sites for hydroxylation is 1. The molecule has 7 heteroatoms. The van der Waals surface area contributed by atoms with Crippen molar-refractivity contribution >= 4 is 11.3 Å². The van der Waals surface area contributed by atoms with Crippen LogP contribution in [0.1, 0.15) is 12.1 Å². The third-order valence-corrected chi connectivity index (χ3v) is 3.33. The van der Waals surface area contributed by atoms with Gasteiger partial charge in [0, 0.05) is 19.3 Å². The Morgan fingerprint density at radius 1 is 1.14 bits per heavy atom. The molecule has 0 saturated carbocycles. The lowest BCUT2D eigenvalue weighted by Crippen LogP contribution is -2.01. The molecule has 2 aromatic heterocycles. The molecule has 0 saturated heterocycles. The number of ether oxygens (including phenoxy) is 1. The van der Waals surface area contributed by atoms with Gasteiger partial charge in [0.1, 0.15) is 5.75 Å². The van der Waals surface area contributed by atoms with Crippen LogP contribution in [0.2, 0.25) is 0 Å². The number of methoxy groups -OCH3 is 1. The minimum absolute atomic E-state index is 0.189. The number of fused-ring (bicyclic) bond motifs is 1. The Hall–Kier alpha value is -2.67. The van der Waals surface area contributed by atoms with Crippen LogP contribution in [0.4, 0.5) is 0 Å². The molecule has 0 atom stereocenters. The van der Waals surface area contributed by atoms with E-state index in [0.29, 0.717) is 30.0 Å². The summed E-state index contributed by atoms with van der Waals surface area (Å²) in [6.07, 6.45) is 1.48. The molecule has 0 amide bonds. The summed E-state index contributed by atoms with van der Waals surface area (Å²) in [6.45, 7) is 0.623. The quantitative estimate of drug-likeness (QED) is 0.621. The molecule has 0 fully saturated rings. The van der Waals surface area contributed by atoms with Crippen molar-refractivity contribution in [1.82, 2.24) is 19.9 Å². The van der Waals surface area contributed by atoms with Crippen molar-refractivity contribution in [2.24, 2.45) is 0 Å². The molecule has 1 aromatic carbocycles. The van der Waals surface area contributed by atoms with Crippen LogP contribution in [-0.4, -0.2) is 38.8 Å². The minimum atomic E-state index is -0.333. The van der Waals surface area contributed by atoms with E-state index in [9.17, 15) is 9.90 Å². The number of imidazole rings is 1. The number of hydrogen-bond donors (Lipinski definition) is 3. The van der Waals surface area contributed by atoms with E-state index >= 15 is 0 Å². The molecule has 0 radical (unpaired) electrons. The molecular weight excluding hydrogens is 284 g/mol. The molecule has 114 valence electrons. The minimum Gasteiger partial charge on any atom is -0.508 e. The maximum Gasteiger partial charge on any atom is 0.326 e. The SMILES string of the molecule is COCCCc1nc2[nH]c(=O)[nH]c2nc1-c1ccc(O)cc1. The van der Waals surface area contributed by atoms with Crippen molar-refractivity contribution in [3.8, 4) is 17.0 Å². The lowest BCUT2D eigenvalue weighted by atomic mass is 10.1. The summed E-state index contributed by atoms with van der Waals surface area (Å²) >= 11 is 0. The summed E-state index contributed by atoms with van der Waals surface area (Å²) in [5.41, 5.74) is 2.84. The van der Waals surface area contributed by atoms with Crippen LogP contribution in [0.15, 0.2) is 29.1 Å². The highest BCUT2D eigenvalue weighted by atomic mass is 16.5. The fourth-order valence-electron chi connectivity index (χ4n) is 2.30. The van der Waals surface area contributed by atoms with E-state index in [1.54, 1.807) is 31.4 Å². The highest BCUT2D eigenvalue weighted by Gasteiger charge is 2.13. The molecule has 0 aliphatic heterocycles.